The Morgan fingerprint density at radius 2 is 2.07 bits per heavy atom. The van der Waals surface area contributed by atoms with E-state index in [2.05, 4.69) is 20.3 Å². The fraction of sp³-hybridized carbons (Fsp3) is 0. The number of aromatic nitrogens is 3. The molecule has 14 heavy (non-hydrogen) atoms. The van der Waals surface area contributed by atoms with Gasteiger partial charge in [0.2, 0.25) is 5.95 Å². The van der Waals surface area contributed by atoms with Gasteiger partial charge in [-0.2, -0.15) is 0 Å². The van der Waals surface area contributed by atoms with E-state index in [4.69, 9.17) is 0 Å². The second kappa shape index (κ2) is 3.69. The lowest BCUT2D eigenvalue weighted by atomic mass is 10.4. The molecule has 0 bridgehead atoms. The number of rotatable bonds is 2. The molecule has 5 nitrogen and oxygen atoms in total. The third-order valence-corrected chi connectivity index (χ3v) is 1.63. The van der Waals surface area contributed by atoms with Crippen molar-refractivity contribution in [3.8, 4) is 0 Å². The highest BCUT2D eigenvalue weighted by atomic mass is 16.2. The quantitative estimate of drug-likeness (QED) is 0.740. The number of nitrogens with one attached hydrogen (secondary N) is 2. The Morgan fingerprint density at radius 1 is 1.29 bits per heavy atom. The van der Waals surface area contributed by atoms with E-state index in [-0.39, 0.29) is 5.91 Å². The number of anilines is 1. The van der Waals surface area contributed by atoms with Crippen LogP contribution in [0.4, 0.5) is 5.95 Å². The predicted octanol–water partition coefficient (Wildman–Crippen LogP) is 1.06. The van der Waals surface area contributed by atoms with Crippen molar-refractivity contribution in [1.82, 2.24) is 15.0 Å². The average Bonchev–Trinajstić information content (AvgIpc) is 2.72. The van der Waals surface area contributed by atoms with Gasteiger partial charge in [0.15, 0.2) is 0 Å². The van der Waals surface area contributed by atoms with E-state index in [0.29, 0.717) is 11.6 Å². The number of nitrogens with zero attached hydrogens (tertiary/aromatic N) is 2. The summed E-state index contributed by atoms with van der Waals surface area (Å²) in [5, 5.41) is 2.55. The van der Waals surface area contributed by atoms with Crippen molar-refractivity contribution in [3.05, 3.63) is 42.5 Å². The van der Waals surface area contributed by atoms with Crippen molar-refractivity contribution >= 4 is 11.9 Å². The molecule has 0 unspecified atom stereocenters. The molecule has 0 aliphatic rings. The molecule has 0 fully saturated rings. The molecule has 2 aromatic heterocycles. The molecule has 0 atom stereocenters. The smallest absolute Gasteiger partial charge is 0.274 e. The van der Waals surface area contributed by atoms with Gasteiger partial charge in [0, 0.05) is 18.6 Å². The van der Waals surface area contributed by atoms with Gasteiger partial charge < -0.3 is 4.98 Å². The van der Waals surface area contributed by atoms with Gasteiger partial charge in [-0.25, -0.2) is 9.97 Å². The first-order valence-corrected chi connectivity index (χ1v) is 4.08. The van der Waals surface area contributed by atoms with Crippen molar-refractivity contribution in [2.75, 3.05) is 5.32 Å². The van der Waals surface area contributed by atoms with Gasteiger partial charge >= 0.3 is 0 Å². The Morgan fingerprint density at radius 3 is 2.71 bits per heavy atom. The van der Waals surface area contributed by atoms with Crippen LogP contribution in [0.5, 0.6) is 0 Å². The summed E-state index contributed by atoms with van der Waals surface area (Å²) >= 11 is 0. The van der Waals surface area contributed by atoms with Gasteiger partial charge in [0.1, 0.15) is 5.69 Å². The normalized spacial score (nSPS) is 9.71. The largest absolute Gasteiger partial charge is 0.357 e. The zero-order chi connectivity index (χ0) is 9.80. The summed E-state index contributed by atoms with van der Waals surface area (Å²) in [6, 6.07) is 5.11. The lowest BCUT2D eigenvalue weighted by Crippen LogP contribution is -2.14. The third kappa shape index (κ3) is 1.77. The van der Waals surface area contributed by atoms with Crippen LogP contribution in [0.3, 0.4) is 0 Å². The van der Waals surface area contributed by atoms with Gasteiger partial charge in [0.05, 0.1) is 0 Å². The molecule has 70 valence electrons. The first-order chi connectivity index (χ1) is 6.86. The SMILES string of the molecule is O=C(Nc1ncccn1)c1ccc[nH]1. The molecular weight excluding hydrogens is 180 g/mol. The van der Waals surface area contributed by atoms with Crippen LogP contribution < -0.4 is 5.32 Å². The molecule has 0 spiro atoms. The maximum Gasteiger partial charge on any atom is 0.274 e. The predicted molar refractivity (Wildman–Crippen MR) is 50.8 cm³/mol. The lowest BCUT2D eigenvalue weighted by Gasteiger charge is -1.99. The minimum absolute atomic E-state index is 0.249. The molecule has 1 amide bonds. The van der Waals surface area contributed by atoms with Gasteiger partial charge in [-0.15, -0.1) is 0 Å². The maximum atomic E-state index is 11.5. The number of carbonyl (C=O) groups excluding carboxylic acids is 1. The third-order valence-electron chi connectivity index (χ3n) is 1.63. The highest BCUT2D eigenvalue weighted by molar-refractivity contribution is 6.01. The van der Waals surface area contributed by atoms with Crippen LogP contribution in [0, 0.1) is 0 Å². The summed E-state index contributed by atoms with van der Waals surface area (Å²) in [5.41, 5.74) is 0.484. The van der Waals surface area contributed by atoms with E-state index in [1.54, 1.807) is 36.8 Å². The van der Waals surface area contributed by atoms with Gasteiger partial charge in [-0.3, -0.25) is 10.1 Å². The monoisotopic (exact) mass is 188 g/mol. The lowest BCUT2D eigenvalue weighted by molar-refractivity contribution is 0.102. The van der Waals surface area contributed by atoms with Crippen molar-refractivity contribution in [3.63, 3.8) is 0 Å². The summed E-state index contributed by atoms with van der Waals surface area (Å²) in [6.45, 7) is 0. The first kappa shape index (κ1) is 8.43. The summed E-state index contributed by atoms with van der Waals surface area (Å²) in [6.07, 6.45) is 4.81. The van der Waals surface area contributed by atoms with E-state index < -0.39 is 0 Å². The summed E-state index contributed by atoms with van der Waals surface area (Å²) < 4.78 is 0. The van der Waals surface area contributed by atoms with E-state index in [9.17, 15) is 4.79 Å². The first-order valence-electron chi connectivity index (χ1n) is 4.08. The van der Waals surface area contributed by atoms with Crippen molar-refractivity contribution in [1.29, 1.82) is 0 Å². The number of H-pyrrole nitrogens is 1. The Bertz CT molecular complexity index is 410. The van der Waals surface area contributed by atoms with Crippen LogP contribution in [0.1, 0.15) is 10.5 Å². The van der Waals surface area contributed by atoms with Crippen LogP contribution >= 0.6 is 0 Å². The minimum Gasteiger partial charge on any atom is -0.357 e. The fourth-order valence-corrected chi connectivity index (χ4v) is 1.00. The standard InChI is InChI=1S/C9H8N4O/c14-8(7-3-1-4-10-7)13-9-11-5-2-6-12-9/h1-6,10H,(H,11,12,13,14). The number of carbonyl (C=O) groups is 1. The number of aromatic amines is 1. The highest BCUT2D eigenvalue weighted by Crippen LogP contribution is 2.00. The molecule has 0 aliphatic carbocycles. The number of hydrogen-bond donors (Lipinski definition) is 2. The minimum atomic E-state index is -0.249. The molecule has 0 aliphatic heterocycles. The molecule has 2 heterocycles. The summed E-state index contributed by atoms with van der Waals surface area (Å²) in [7, 11) is 0. The molecule has 0 aromatic carbocycles. The fourth-order valence-electron chi connectivity index (χ4n) is 1.00. The average molecular weight is 188 g/mol. The van der Waals surface area contributed by atoms with Gasteiger partial charge in [0.25, 0.3) is 5.91 Å². The van der Waals surface area contributed by atoms with Crippen molar-refractivity contribution < 1.29 is 4.79 Å². The van der Waals surface area contributed by atoms with Crippen LogP contribution in [0.15, 0.2) is 36.8 Å². The molecule has 0 radical (unpaired) electrons. The van der Waals surface area contributed by atoms with Gasteiger partial charge in [-0.05, 0) is 18.2 Å². The zero-order valence-corrected chi connectivity index (χ0v) is 7.27. The molecule has 0 saturated carbocycles. The molecule has 2 N–H and O–H groups in total. The van der Waals surface area contributed by atoms with Crippen LogP contribution in [-0.4, -0.2) is 20.9 Å². The van der Waals surface area contributed by atoms with Crippen LogP contribution in [-0.2, 0) is 0 Å². The van der Waals surface area contributed by atoms with E-state index in [1.807, 2.05) is 0 Å². The molecule has 5 heteroatoms. The van der Waals surface area contributed by atoms with Crippen LogP contribution in [0.2, 0.25) is 0 Å². The second-order valence-corrected chi connectivity index (χ2v) is 2.61. The van der Waals surface area contributed by atoms with Crippen molar-refractivity contribution in [2.45, 2.75) is 0 Å². The second-order valence-electron chi connectivity index (χ2n) is 2.61. The molecule has 2 rings (SSSR count). The highest BCUT2D eigenvalue weighted by Gasteiger charge is 2.06. The number of hydrogen-bond acceptors (Lipinski definition) is 3. The Balaban J connectivity index is 2.10. The van der Waals surface area contributed by atoms with E-state index in [0.717, 1.165) is 0 Å². The summed E-state index contributed by atoms with van der Waals surface area (Å²) in [4.78, 5) is 22.0. The Labute approximate surface area is 80.2 Å². The zero-order valence-electron chi connectivity index (χ0n) is 7.27. The molecule has 0 saturated heterocycles. The van der Waals surface area contributed by atoms with E-state index >= 15 is 0 Å². The summed E-state index contributed by atoms with van der Waals surface area (Å²) in [5.74, 6) is 0.0494. The topological polar surface area (TPSA) is 70.7 Å². The van der Waals surface area contributed by atoms with Gasteiger partial charge in [-0.1, -0.05) is 0 Å². The van der Waals surface area contributed by atoms with E-state index in [1.165, 1.54) is 0 Å². The maximum absolute atomic E-state index is 11.5. The van der Waals surface area contributed by atoms with Crippen molar-refractivity contribution in [2.24, 2.45) is 0 Å². The molecular formula is C9H8N4O. The Hall–Kier alpha value is -2.17. The molecule has 2 aromatic rings. The van der Waals surface area contributed by atoms with Crippen LogP contribution in [0.25, 0.3) is 0 Å². The number of amides is 1. The Kier molecular flexibility index (Phi) is 2.22.